The first kappa shape index (κ1) is 16.1. The molecule has 4 rings (SSSR count). The maximum absolute atomic E-state index is 12.2. The molecule has 0 aromatic carbocycles. The van der Waals surface area contributed by atoms with E-state index >= 15 is 0 Å². The first-order chi connectivity index (χ1) is 12.1. The second kappa shape index (κ2) is 6.46. The zero-order valence-corrected chi connectivity index (χ0v) is 14.8. The van der Waals surface area contributed by atoms with Crippen LogP contribution in [0.3, 0.4) is 0 Å². The Labute approximate surface area is 147 Å². The van der Waals surface area contributed by atoms with Crippen molar-refractivity contribution in [1.29, 1.82) is 0 Å². The molecule has 0 spiro atoms. The van der Waals surface area contributed by atoms with Crippen LogP contribution in [0.4, 0.5) is 5.82 Å². The Kier molecular flexibility index (Phi) is 4.15. The molecular weight excluding hydrogens is 316 g/mol. The van der Waals surface area contributed by atoms with Crippen LogP contribution in [0.2, 0.25) is 0 Å². The lowest BCUT2D eigenvalue weighted by molar-refractivity contribution is 0.0935. The summed E-state index contributed by atoms with van der Waals surface area (Å²) >= 11 is 0. The van der Waals surface area contributed by atoms with Gasteiger partial charge in [-0.1, -0.05) is 0 Å². The largest absolute Gasteiger partial charge is 0.354 e. The van der Waals surface area contributed by atoms with Gasteiger partial charge in [0, 0.05) is 32.6 Å². The molecule has 1 amide bonds. The molecule has 1 N–H and O–H groups in total. The summed E-state index contributed by atoms with van der Waals surface area (Å²) in [6.07, 6.45) is 4.66. The van der Waals surface area contributed by atoms with E-state index in [4.69, 9.17) is 0 Å². The molecular formula is C18H24N6O. The average Bonchev–Trinajstić information content (AvgIpc) is 2.91. The van der Waals surface area contributed by atoms with Gasteiger partial charge >= 0.3 is 0 Å². The Balaban J connectivity index is 1.29. The molecule has 1 saturated heterocycles. The molecule has 0 saturated carbocycles. The molecule has 2 aliphatic rings. The molecule has 7 nitrogen and oxygen atoms in total. The maximum atomic E-state index is 12.2. The zero-order valence-electron chi connectivity index (χ0n) is 14.8. The van der Waals surface area contributed by atoms with E-state index in [1.54, 1.807) is 11.7 Å². The van der Waals surface area contributed by atoms with Crippen LogP contribution in [-0.4, -0.2) is 45.5 Å². The Hall–Kier alpha value is -2.44. The van der Waals surface area contributed by atoms with Crippen molar-refractivity contribution in [3.63, 3.8) is 0 Å². The molecule has 0 unspecified atom stereocenters. The molecule has 1 aliphatic carbocycles. The Morgan fingerprint density at radius 2 is 2.04 bits per heavy atom. The SMILES string of the molecule is Cc1cc(C(=O)NCC2CN(c3cc4c(nn3)CCCC4)C2)n(C)n1. The van der Waals surface area contributed by atoms with Crippen LogP contribution >= 0.6 is 0 Å². The van der Waals surface area contributed by atoms with Gasteiger partial charge in [-0.15, -0.1) is 5.10 Å². The van der Waals surface area contributed by atoms with E-state index in [9.17, 15) is 4.79 Å². The van der Waals surface area contributed by atoms with Crippen molar-refractivity contribution >= 4 is 11.7 Å². The van der Waals surface area contributed by atoms with Crippen molar-refractivity contribution in [1.82, 2.24) is 25.3 Å². The van der Waals surface area contributed by atoms with Crippen LogP contribution in [0.1, 0.15) is 40.3 Å². The van der Waals surface area contributed by atoms with Gasteiger partial charge in [-0.2, -0.15) is 10.2 Å². The van der Waals surface area contributed by atoms with Crippen molar-refractivity contribution < 1.29 is 4.79 Å². The average molecular weight is 340 g/mol. The number of fused-ring (bicyclic) bond motifs is 1. The Morgan fingerprint density at radius 3 is 2.80 bits per heavy atom. The summed E-state index contributed by atoms with van der Waals surface area (Å²) in [6, 6.07) is 4.01. The number of aryl methyl sites for hydroxylation is 4. The number of hydrogen-bond donors (Lipinski definition) is 1. The molecule has 132 valence electrons. The monoisotopic (exact) mass is 340 g/mol. The van der Waals surface area contributed by atoms with E-state index in [0.717, 1.165) is 37.4 Å². The smallest absolute Gasteiger partial charge is 0.269 e. The van der Waals surface area contributed by atoms with E-state index in [1.807, 2.05) is 13.0 Å². The number of rotatable bonds is 4. The van der Waals surface area contributed by atoms with Gasteiger partial charge in [-0.25, -0.2) is 0 Å². The van der Waals surface area contributed by atoms with Crippen LogP contribution in [0.5, 0.6) is 0 Å². The lowest BCUT2D eigenvalue weighted by Gasteiger charge is -2.40. The third-order valence-corrected chi connectivity index (χ3v) is 5.12. The summed E-state index contributed by atoms with van der Waals surface area (Å²) < 4.78 is 1.63. The van der Waals surface area contributed by atoms with Crippen molar-refractivity contribution in [2.45, 2.75) is 32.6 Å². The van der Waals surface area contributed by atoms with Crippen molar-refractivity contribution in [3.05, 3.63) is 34.8 Å². The molecule has 3 heterocycles. The molecule has 1 aliphatic heterocycles. The summed E-state index contributed by atoms with van der Waals surface area (Å²) in [4.78, 5) is 14.5. The zero-order chi connectivity index (χ0) is 17.4. The minimum absolute atomic E-state index is 0.0601. The van der Waals surface area contributed by atoms with E-state index in [1.165, 1.54) is 24.1 Å². The first-order valence-electron chi connectivity index (χ1n) is 8.99. The minimum atomic E-state index is -0.0601. The number of nitrogens with zero attached hydrogens (tertiary/aromatic N) is 5. The Morgan fingerprint density at radius 1 is 1.24 bits per heavy atom. The number of aromatic nitrogens is 4. The summed E-state index contributed by atoms with van der Waals surface area (Å²) in [7, 11) is 1.79. The number of carbonyl (C=O) groups excluding carboxylic acids is 1. The highest BCUT2D eigenvalue weighted by Gasteiger charge is 2.29. The minimum Gasteiger partial charge on any atom is -0.354 e. The lowest BCUT2D eigenvalue weighted by atomic mass is 9.95. The van der Waals surface area contributed by atoms with E-state index in [0.29, 0.717) is 18.2 Å². The van der Waals surface area contributed by atoms with Crippen LogP contribution < -0.4 is 10.2 Å². The molecule has 1 fully saturated rings. The molecule has 2 aromatic rings. The molecule has 25 heavy (non-hydrogen) atoms. The highest BCUT2D eigenvalue weighted by molar-refractivity contribution is 5.92. The van der Waals surface area contributed by atoms with Crippen molar-refractivity contribution in [2.75, 3.05) is 24.5 Å². The summed E-state index contributed by atoms with van der Waals surface area (Å²) in [5.41, 5.74) is 3.99. The highest BCUT2D eigenvalue weighted by atomic mass is 16.2. The first-order valence-corrected chi connectivity index (χ1v) is 8.99. The number of carbonyl (C=O) groups is 1. The van der Waals surface area contributed by atoms with E-state index in [2.05, 4.69) is 31.6 Å². The van der Waals surface area contributed by atoms with Crippen LogP contribution in [0.15, 0.2) is 12.1 Å². The summed E-state index contributed by atoms with van der Waals surface area (Å²) in [5.74, 6) is 1.37. The lowest BCUT2D eigenvalue weighted by Crippen LogP contribution is -2.52. The van der Waals surface area contributed by atoms with Crippen molar-refractivity contribution in [2.24, 2.45) is 13.0 Å². The third-order valence-electron chi connectivity index (χ3n) is 5.12. The van der Waals surface area contributed by atoms with Gasteiger partial charge in [0.25, 0.3) is 5.91 Å². The van der Waals surface area contributed by atoms with Crippen LogP contribution in [-0.2, 0) is 19.9 Å². The molecule has 7 heteroatoms. The standard InChI is InChI=1S/C18H24N6O/c1-12-7-16(23(2)22-12)18(25)19-9-13-10-24(11-13)17-8-14-5-3-4-6-15(14)20-21-17/h7-8,13H,3-6,9-11H2,1-2H3,(H,19,25). The van der Waals surface area contributed by atoms with Gasteiger partial charge in [-0.05, 0) is 50.3 Å². The number of hydrogen-bond acceptors (Lipinski definition) is 5. The third kappa shape index (κ3) is 3.23. The van der Waals surface area contributed by atoms with Gasteiger partial charge in [0.1, 0.15) is 5.69 Å². The van der Waals surface area contributed by atoms with Crippen molar-refractivity contribution in [3.8, 4) is 0 Å². The van der Waals surface area contributed by atoms with Gasteiger partial charge in [0.05, 0.1) is 11.4 Å². The van der Waals surface area contributed by atoms with Gasteiger partial charge in [0.15, 0.2) is 5.82 Å². The van der Waals surface area contributed by atoms with Crippen LogP contribution in [0, 0.1) is 12.8 Å². The molecule has 0 radical (unpaired) electrons. The highest BCUT2D eigenvalue weighted by Crippen LogP contribution is 2.26. The molecule has 2 aromatic heterocycles. The van der Waals surface area contributed by atoms with Gasteiger partial charge < -0.3 is 10.2 Å². The number of anilines is 1. The fourth-order valence-corrected chi connectivity index (χ4v) is 3.67. The number of nitrogens with one attached hydrogen (secondary N) is 1. The quantitative estimate of drug-likeness (QED) is 0.907. The summed E-state index contributed by atoms with van der Waals surface area (Å²) in [5, 5.41) is 16.0. The Bertz CT molecular complexity index is 793. The second-order valence-electron chi connectivity index (χ2n) is 7.16. The topological polar surface area (TPSA) is 75.9 Å². The summed E-state index contributed by atoms with van der Waals surface area (Å²) in [6.45, 7) is 4.40. The normalized spacial score (nSPS) is 17.1. The van der Waals surface area contributed by atoms with Gasteiger partial charge in [-0.3, -0.25) is 9.48 Å². The van der Waals surface area contributed by atoms with E-state index in [-0.39, 0.29) is 5.91 Å². The fourth-order valence-electron chi connectivity index (χ4n) is 3.67. The van der Waals surface area contributed by atoms with Gasteiger partial charge in [0.2, 0.25) is 0 Å². The van der Waals surface area contributed by atoms with Crippen LogP contribution in [0.25, 0.3) is 0 Å². The molecule has 0 bridgehead atoms. The fraction of sp³-hybridized carbons (Fsp3) is 0.556. The predicted molar refractivity (Wildman–Crippen MR) is 94.7 cm³/mol. The van der Waals surface area contributed by atoms with E-state index < -0.39 is 0 Å². The second-order valence-corrected chi connectivity index (χ2v) is 7.16. The molecule has 0 atom stereocenters. The maximum Gasteiger partial charge on any atom is 0.269 e. The predicted octanol–water partition coefficient (Wildman–Crippen LogP) is 1.26. The number of amides is 1.